The number of aliphatic hydroxyl groups excluding tert-OH is 3. The van der Waals surface area contributed by atoms with E-state index < -0.39 is 18.8 Å². The van der Waals surface area contributed by atoms with Crippen molar-refractivity contribution < 1.29 is 24.8 Å². The highest BCUT2D eigenvalue weighted by Crippen LogP contribution is 1.98. The van der Waals surface area contributed by atoms with Crippen LogP contribution in [-0.2, 0) is 9.47 Å². The van der Waals surface area contributed by atoms with E-state index in [1.165, 1.54) is 0 Å². The van der Waals surface area contributed by atoms with E-state index in [1.54, 1.807) is 0 Å². The van der Waals surface area contributed by atoms with E-state index in [9.17, 15) is 0 Å². The smallest absolute Gasteiger partial charge is 0.146 e. The fourth-order valence-corrected chi connectivity index (χ4v) is 0.636. The molecule has 0 spiro atoms. The van der Waals surface area contributed by atoms with Gasteiger partial charge in [0, 0.05) is 0 Å². The lowest BCUT2D eigenvalue weighted by Crippen LogP contribution is -2.30. The van der Waals surface area contributed by atoms with Crippen LogP contribution in [0.2, 0.25) is 0 Å². The van der Waals surface area contributed by atoms with Crippen LogP contribution < -0.4 is 0 Å². The Bertz CT molecular complexity index is 97.8. The first-order valence-corrected chi connectivity index (χ1v) is 3.64. The van der Waals surface area contributed by atoms with E-state index in [4.69, 9.17) is 20.1 Å². The summed E-state index contributed by atoms with van der Waals surface area (Å²) in [6.45, 7) is -0.136. The zero-order valence-corrected chi connectivity index (χ0v) is 6.85. The molecule has 0 aliphatic heterocycles. The molecule has 12 heavy (non-hydrogen) atoms. The van der Waals surface area contributed by atoms with Crippen molar-refractivity contribution in [3.63, 3.8) is 0 Å². The molecule has 0 aromatic heterocycles. The van der Waals surface area contributed by atoms with Crippen molar-refractivity contribution in [2.45, 2.75) is 18.6 Å². The molecule has 0 aromatic carbocycles. The fraction of sp³-hybridized carbons (Fsp3) is 0.857. The summed E-state index contributed by atoms with van der Waals surface area (Å²) in [7, 11) is 3.08. The zero-order chi connectivity index (χ0) is 9.40. The van der Waals surface area contributed by atoms with Crippen molar-refractivity contribution in [3.05, 3.63) is 7.11 Å². The minimum Gasteiger partial charge on any atom is -0.394 e. The highest BCUT2D eigenvalue weighted by atomic mass is 16.7. The highest BCUT2D eigenvalue weighted by Gasteiger charge is 2.14. The van der Waals surface area contributed by atoms with E-state index in [1.807, 2.05) is 0 Å². The van der Waals surface area contributed by atoms with Crippen molar-refractivity contribution in [1.82, 2.24) is 0 Å². The first-order chi connectivity index (χ1) is 5.72. The molecule has 5 heteroatoms. The van der Waals surface area contributed by atoms with Gasteiger partial charge in [-0.3, -0.25) is 0 Å². The molecule has 3 N–H and O–H groups in total. The molecule has 0 aliphatic carbocycles. The first kappa shape index (κ1) is 11.8. The second-order valence-electron chi connectivity index (χ2n) is 2.34. The maximum Gasteiger partial charge on any atom is 0.146 e. The fourth-order valence-electron chi connectivity index (χ4n) is 0.636. The molecule has 73 valence electrons. The zero-order valence-electron chi connectivity index (χ0n) is 6.85. The molecule has 0 saturated carbocycles. The molecule has 0 heterocycles. The maximum atomic E-state index is 9.07. The first-order valence-electron chi connectivity index (χ1n) is 3.64. The van der Waals surface area contributed by atoms with Gasteiger partial charge in [-0.15, -0.1) is 0 Å². The lowest BCUT2D eigenvalue weighted by atomic mass is 10.1. The minimum atomic E-state index is -1.10. The van der Waals surface area contributed by atoms with Crippen LogP contribution in [0, 0.1) is 7.11 Å². The topological polar surface area (TPSA) is 79.2 Å². The van der Waals surface area contributed by atoms with Crippen molar-refractivity contribution in [2.24, 2.45) is 0 Å². The van der Waals surface area contributed by atoms with Gasteiger partial charge in [-0.2, -0.15) is 0 Å². The van der Waals surface area contributed by atoms with Gasteiger partial charge in [-0.25, -0.2) is 0 Å². The van der Waals surface area contributed by atoms with Gasteiger partial charge in [0.1, 0.15) is 12.9 Å². The van der Waals surface area contributed by atoms with Gasteiger partial charge in [0.25, 0.3) is 0 Å². The Morgan fingerprint density at radius 3 is 2.42 bits per heavy atom. The van der Waals surface area contributed by atoms with Gasteiger partial charge in [0.2, 0.25) is 0 Å². The van der Waals surface area contributed by atoms with Gasteiger partial charge in [0.15, 0.2) is 0 Å². The number of hydrogen-bond acceptors (Lipinski definition) is 5. The van der Waals surface area contributed by atoms with Crippen LogP contribution in [0.1, 0.15) is 6.42 Å². The van der Waals surface area contributed by atoms with E-state index in [0.717, 1.165) is 0 Å². The molecule has 0 aliphatic rings. The number of hydrogen-bond donors (Lipinski definition) is 3. The second-order valence-corrected chi connectivity index (χ2v) is 2.34. The third kappa shape index (κ3) is 5.45. The maximum absolute atomic E-state index is 9.07. The third-order valence-corrected chi connectivity index (χ3v) is 1.36. The predicted octanol–water partition coefficient (Wildman–Crippen LogP) is -1.13. The molecule has 0 amide bonds. The number of aliphatic hydroxyl groups is 3. The molecule has 1 radical (unpaired) electrons. The second kappa shape index (κ2) is 7.45. The molecule has 2 atom stereocenters. The Kier molecular flexibility index (Phi) is 7.33. The molecular formula is C7H15O5. The molecule has 0 aromatic rings. The van der Waals surface area contributed by atoms with E-state index in [2.05, 4.69) is 11.8 Å². The van der Waals surface area contributed by atoms with Crippen LogP contribution in [0.3, 0.4) is 0 Å². The van der Waals surface area contributed by atoms with Crippen molar-refractivity contribution >= 4 is 0 Å². The summed E-state index contributed by atoms with van der Waals surface area (Å²) >= 11 is 0. The Balaban J connectivity index is 3.24. The average molecular weight is 179 g/mol. The molecule has 0 rings (SSSR count). The van der Waals surface area contributed by atoms with Gasteiger partial charge in [-0.05, 0) is 6.42 Å². The van der Waals surface area contributed by atoms with Crippen LogP contribution in [0.4, 0.5) is 0 Å². The molecule has 2 unspecified atom stereocenters. The van der Waals surface area contributed by atoms with Crippen molar-refractivity contribution in [2.75, 3.05) is 20.0 Å². The van der Waals surface area contributed by atoms with Crippen LogP contribution in [-0.4, -0.2) is 47.5 Å². The molecule has 0 bridgehead atoms. The lowest BCUT2D eigenvalue weighted by molar-refractivity contribution is -0.0546. The Morgan fingerprint density at radius 1 is 1.25 bits per heavy atom. The molecule has 0 saturated heterocycles. The summed E-state index contributed by atoms with van der Waals surface area (Å²) in [5.41, 5.74) is 0. The van der Waals surface area contributed by atoms with Crippen LogP contribution >= 0.6 is 0 Å². The Labute approximate surface area is 71.5 Å². The molecule has 0 fully saturated rings. The normalized spacial score (nSPS) is 16.0. The lowest BCUT2D eigenvalue weighted by Gasteiger charge is -2.14. The van der Waals surface area contributed by atoms with Crippen molar-refractivity contribution in [1.29, 1.82) is 0 Å². The van der Waals surface area contributed by atoms with Gasteiger partial charge >= 0.3 is 0 Å². The standard InChI is InChI=1S/C7H15O5/c1-11-5-12-3-2-6(9)7(10)4-8/h6-10H,1-5H2. The number of ether oxygens (including phenoxy) is 2. The Hall–Kier alpha value is -0.200. The van der Waals surface area contributed by atoms with Gasteiger partial charge in [0.05, 0.1) is 26.4 Å². The summed E-state index contributed by atoms with van der Waals surface area (Å²) in [4.78, 5) is 0. The van der Waals surface area contributed by atoms with E-state index in [0.29, 0.717) is 0 Å². The summed E-state index contributed by atoms with van der Waals surface area (Å²) in [6.07, 6.45) is -1.81. The molecular weight excluding hydrogens is 164 g/mol. The van der Waals surface area contributed by atoms with E-state index >= 15 is 0 Å². The van der Waals surface area contributed by atoms with Crippen LogP contribution in [0.25, 0.3) is 0 Å². The SMILES string of the molecule is [CH2]OCOCCC(O)C(O)CO. The average Bonchev–Trinajstić information content (AvgIpc) is 2.10. The third-order valence-electron chi connectivity index (χ3n) is 1.36. The van der Waals surface area contributed by atoms with Gasteiger partial charge < -0.3 is 24.8 Å². The summed E-state index contributed by atoms with van der Waals surface area (Å²) in [5, 5.41) is 26.4. The quantitative estimate of drug-likeness (QED) is 0.340. The predicted molar refractivity (Wildman–Crippen MR) is 41.0 cm³/mol. The largest absolute Gasteiger partial charge is 0.394 e. The molecule has 5 nitrogen and oxygen atoms in total. The van der Waals surface area contributed by atoms with Gasteiger partial charge in [-0.1, -0.05) is 0 Å². The van der Waals surface area contributed by atoms with Crippen LogP contribution in [0.15, 0.2) is 0 Å². The summed E-state index contributed by atoms with van der Waals surface area (Å²) in [5.74, 6) is 0. The summed E-state index contributed by atoms with van der Waals surface area (Å²) < 4.78 is 9.16. The van der Waals surface area contributed by atoms with Crippen molar-refractivity contribution in [3.8, 4) is 0 Å². The van der Waals surface area contributed by atoms with E-state index in [-0.39, 0.29) is 19.8 Å². The minimum absolute atomic E-state index is 0.0575. The van der Waals surface area contributed by atoms with Crippen LogP contribution in [0.5, 0.6) is 0 Å². The highest BCUT2D eigenvalue weighted by molar-refractivity contribution is 4.64. The monoisotopic (exact) mass is 179 g/mol. The number of rotatable bonds is 7. The Morgan fingerprint density at radius 2 is 1.92 bits per heavy atom. The summed E-state index contributed by atoms with van der Waals surface area (Å²) in [6, 6.07) is 0.